The zero-order chi connectivity index (χ0) is 15.1. The second kappa shape index (κ2) is 8.55. The first-order chi connectivity index (χ1) is 10.2. The minimum absolute atomic E-state index is 0.473. The lowest BCUT2D eigenvalue weighted by molar-refractivity contribution is 0.206. The molecular weight excluding hydrogens is 256 g/mol. The number of nitrogens with one attached hydrogen (secondary N) is 1. The van der Waals surface area contributed by atoms with Gasteiger partial charge in [-0.25, -0.2) is 0 Å². The highest BCUT2D eigenvalue weighted by molar-refractivity contribution is 5.25. The van der Waals surface area contributed by atoms with Gasteiger partial charge < -0.3 is 10.2 Å². The van der Waals surface area contributed by atoms with Crippen molar-refractivity contribution in [3.8, 4) is 0 Å². The van der Waals surface area contributed by atoms with Crippen LogP contribution in [-0.4, -0.2) is 31.1 Å². The molecule has 21 heavy (non-hydrogen) atoms. The van der Waals surface area contributed by atoms with Gasteiger partial charge in [0, 0.05) is 12.6 Å². The fourth-order valence-corrected chi connectivity index (χ4v) is 3.29. The summed E-state index contributed by atoms with van der Waals surface area (Å²) in [5.74, 6) is 0.730. The standard InChI is InChI=1S/C19H32N2/c1-4-20-19(15-21-12-6-5-7-13-21)18-10-8-17(9-11-18)14-16(2)3/h8-11,16,19-20H,4-7,12-15H2,1-3H3. The van der Waals surface area contributed by atoms with E-state index in [1.165, 1.54) is 49.9 Å². The molecule has 2 nitrogen and oxygen atoms in total. The average molecular weight is 288 g/mol. The molecule has 1 aromatic carbocycles. The number of benzene rings is 1. The summed E-state index contributed by atoms with van der Waals surface area (Å²) in [5, 5.41) is 3.66. The summed E-state index contributed by atoms with van der Waals surface area (Å²) in [6, 6.07) is 9.76. The molecule has 0 saturated carbocycles. The monoisotopic (exact) mass is 288 g/mol. The van der Waals surface area contributed by atoms with Crippen molar-refractivity contribution >= 4 is 0 Å². The molecule has 0 amide bonds. The van der Waals surface area contributed by atoms with Crippen molar-refractivity contribution in [1.29, 1.82) is 0 Å². The van der Waals surface area contributed by atoms with Crippen LogP contribution >= 0.6 is 0 Å². The SMILES string of the molecule is CCNC(CN1CCCCC1)c1ccc(CC(C)C)cc1. The molecule has 0 radical (unpaired) electrons. The van der Waals surface area contributed by atoms with Crippen LogP contribution in [0.25, 0.3) is 0 Å². The van der Waals surface area contributed by atoms with Gasteiger partial charge in [0.05, 0.1) is 0 Å². The third kappa shape index (κ3) is 5.44. The smallest absolute Gasteiger partial charge is 0.0449 e. The Hall–Kier alpha value is -0.860. The molecule has 1 saturated heterocycles. The summed E-state index contributed by atoms with van der Waals surface area (Å²) in [4.78, 5) is 2.62. The van der Waals surface area contributed by atoms with E-state index in [0.717, 1.165) is 19.0 Å². The van der Waals surface area contributed by atoms with Gasteiger partial charge >= 0.3 is 0 Å². The molecule has 1 atom stereocenters. The van der Waals surface area contributed by atoms with E-state index in [9.17, 15) is 0 Å². The van der Waals surface area contributed by atoms with E-state index in [1.807, 2.05) is 0 Å². The van der Waals surface area contributed by atoms with Gasteiger partial charge in [-0.05, 0) is 55.9 Å². The number of rotatable bonds is 7. The predicted octanol–water partition coefficient (Wildman–Crippen LogP) is 4.02. The molecule has 1 aliphatic rings. The molecule has 0 bridgehead atoms. The van der Waals surface area contributed by atoms with E-state index >= 15 is 0 Å². The van der Waals surface area contributed by atoms with E-state index in [1.54, 1.807) is 0 Å². The fraction of sp³-hybridized carbons (Fsp3) is 0.684. The maximum atomic E-state index is 3.66. The highest BCUT2D eigenvalue weighted by atomic mass is 15.1. The number of nitrogens with zero attached hydrogens (tertiary/aromatic N) is 1. The molecule has 1 unspecified atom stereocenters. The molecule has 2 heteroatoms. The Morgan fingerprint density at radius 2 is 1.71 bits per heavy atom. The summed E-state index contributed by atoms with van der Waals surface area (Å²) in [6.45, 7) is 11.5. The highest BCUT2D eigenvalue weighted by Gasteiger charge is 2.17. The number of hydrogen-bond donors (Lipinski definition) is 1. The van der Waals surface area contributed by atoms with E-state index in [2.05, 4.69) is 55.3 Å². The summed E-state index contributed by atoms with van der Waals surface area (Å²) in [6.07, 6.45) is 5.32. The van der Waals surface area contributed by atoms with Crippen molar-refractivity contribution < 1.29 is 0 Å². The Morgan fingerprint density at radius 1 is 1.05 bits per heavy atom. The lowest BCUT2D eigenvalue weighted by atomic mass is 9.98. The topological polar surface area (TPSA) is 15.3 Å². The van der Waals surface area contributed by atoms with Gasteiger partial charge in [-0.1, -0.05) is 51.5 Å². The Labute approximate surface area is 130 Å². The minimum atomic E-state index is 0.473. The van der Waals surface area contributed by atoms with Crippen LogP contribution in [0.15, 0.2) is 24.3 Å². The lowest BCUT2D eigenvalue weighted by Gasteiger charge is -2.31. The summed E-state index contributed by atoms with van der Waals surface area (Å²) < 4.78 is 0. The molecule has 1 aliphatic heterocycles. The maximum absolute atomic E-state index is 3.66. The third-order valence-electron chi connectivity index (χ3n) is 4.37. The van der Waals surface area contributed by atoms with Crippen LogP contribution in [0.1, 0.15) is 57.2 Å². The van der Waals surface area contributed by atoms with Gasteiger partial charge in [0.2, 0.25) is 0 Å². The fourth-order valence-electron chi connectivity index (χ4n) is 3.29. The van der Waals surface area contributed by atoms with Crippen LogP contribution in [0.4, 0.5) is 0 Å². The molecular formula is C19H32N2. The Morgan fingerprint density at radius 3 is 2.29 bits per heavy atom. The highest BCUT2D eigenvalue weighted by Crippen LogP contribution is 2.19. The molecule has 0 aliphatic carbocycles. The summed E-state index contributed by atoms with van der Waals surface area (Å²) in [5.41, 5.74) is 2.90. The van der Waals surface area contributed by atoms with Crippen molar-refractivity contribution in [3.63, 3.8) is 0 Å². The van der Waals surface area contributed by atoms with Gasteiger partial charge in [0.25, 0.3) is 0 Å². The Bertz CT molecular complexity index is 391. The molecule has 0 aromatic heterocycles. The largest absolute Gasteiger partial charge is 0.309 e. The van der Waals surface area contributed by atoms with Crippen molar-refractivity contribution in [3.05, 3.63) is 35.4 Å². The second-order valence-corrected chi connectivity index (χ2v) is 6.81. The zero-order valence-electron chi connectivity index (χ0n) is 14.1. The first-order valence-corrected chi connectivity index (χ1v) is 8.73. The van der Waals surface area contributed by atoms with Gasteiger partial charge in [-0.3, -0.25) is 0 Å². The molecule has 0 spiro atoms. The van der Waals surface area contributed by atoms with Crippen molar-refractivity contribution in [2.24, 2.45) is 5.92 Å². The zero-order valence-corrected chi connectivity index (χ0v) is 14.1. The van der Waals surface area contributed by atoms with Crippen molar-refractivity contribution in [2.75, 3.05) is 26.2 Å². The van der Waals surface area contributed by atoms with E-state index in [4.69, 9.17) is 0 Å². The number of likely N-dealkylation sites (tertiary alicyclic amines) is 1. The summed E-state index contributed by atoms with van der Waals surface area (Å²) in [7, 11) is 0. The quantitative estimate of drug-likeness (QED) is 0.815. The second-order valence-electron chi connectivity index (χ2n) is 6.81. The average Bonchev–Trinajstić information content (AvgIpc) is 2.48. The van der Waals surface area contributed by atoms with Crippen LogP contribution in [0.3, 0.4) is 0 Å². The predicted molar refractivity (Wildman–Crippen MR) is 91.7 cm³/mol. The normalized spacial score (nSPS) is 18.1. The van der Waals surface area contributed by atoms with Crippen LogP contribution in [0.5, 0.6) is 0 Å². The van der Waals surface area contributed by atoms with Gasteiger partial charge in [-0.2, -0.15) is 0 Å². The van der Waals surface area contributed by atoms with Crippen LogP contribution < -0.4 is 5.32 Å². The molecule has 1 heterocycles. The molecule has 1 fully saturated rings. The van der Waals surface area contributed by atoms with E-state index < -0.39 is 0 Å². The van der Waals surface area contributed by atoms with Crippen LogP contribution in [0.2, 0.25) is 0 Å². The van der Waals surface area contributed by atoms with Crippen LogP contribution in [0, 0.1) is 5.92 Å². The van der Waals surface area contributed by atoms with Crippen LogP contribution in [-0.2, 0) is 6.42 Å². The van der Waals surface area contributed by atoms with Crippen molar-refractivity contribution in [1.82, 2.24) is 10.2 Å². The number of piperidine rings is 1. The lowest BCUT2D eigenvalue weighted by Crippen LogP contribution is -2.38. The first kappa shape index (κ1) is 16.5. The summed E-state index contributed by atoms with van der Waals surface area (Å²) >= 11 is 0. The Balaban J connectivity index is 1.99. The van der Waals surface area contributed by atoms with E-state index in [0.29, 0.717) is 6.04 Å². The molecule has 118 valence electrons. The minimum Gasteiger partial charge on any atom is -0.309 e. The van der Waals surface area contributed by atoms with Gasteiger partial charge in [0.15, 0.2) is 0 Å². The molecule has 1 aromatic rings. The maximum Gasteiger partial charge on any atom is 0.0449 e. The van der Waals surface area contributed by atoms with E-state index in [-0.39, 0.29) is 0 Å². The Kier molecular flexibility index (Phi) is 6.72. The van der Waals surface area contributed by atoms with Gasteiger partial charge in [0.1, 0.15) is 0 Å². The number of hydrogen-bond acceptors (Lipinski definition) is 2. The van der Waals surface area contributed by atoms with Crippen molar-refractivity contribution in [2.45, 2.75) is 52.5 Å². The molecule has 2 rings (SSSR count). The molecule has 1 N–H and O–H groups in total. The first-order valence-electron chi connectivity index (χ1n) is 8.73. The third-order valence-corrected chi connectivity index (χ3v) is 4.37. The van der Waals surface area contributed by atoms with Gasteiger partial charge in [-0.15, -0.1) is 0 Å². The number of likely N-dealkylation sites (N-methyl/N-ethyl adjacent to an activating group) is 1.